The third-order valence-corrected chi connectivity index (χ3v) is 2.57. The van der Waals surface area contributed by atoms with Crippen molar-refractivity contribution < 1.29 is 4.74 Å². The van der Waals surface area contributed by atoms with Gasteiger partial charge in [0, 0.05) is 7.05 Å². The van der Waals surface area contributed by atoms with Gasteiger partial charge in [0.15, 0.2) is 5.75 Å². The summed E-state index contributed by atoms with van der Waals surface area (Å²) in [6.07, 6.45) is 1.41. The highest BCUT2D eigenvalue weighted by Gasteiger charge is 2.14. The molecule has 90 valence electrons. The normalized spacial score (nSPS) is 10.6. The number of nitrogen functional groups attached to an aromatic ring is 1. The molecule has 2 aromatic heterocycles. The molecule has 0 aliphatic rings. The Morgan fingerprint density at radius 3 is 2.71 bits per heavy atom. The molecule has 0 aliphatic carbocycles. The lowest BCUT2D eigenvalue weighted by Crippen LogP contribution is -1.98. The lowest BCUT2D eigenvalue weighted by atomic mass is 10.3. The second-order valence-electron chi connectivity index (χ2n) is 3.63. The molecule has 2 heterocycles. The first-order valence-corrected chi connectivity index (χ1v) is 5.33. The Balaban J connectivity index is 2.41. The minimum absolute atomic E-state index is 0.0911. The average Bonchev–Trinajstić information content (AvgIpc) is 2.50. The molecule has 17 heavy (non-hydrogen) atoms. The summed E-state index contributed by atoms with van der Waals surface area (Å²) < 4.78 is 7.35. The van der Waals surface area contributed by atoms with E-state index in [9.17, 15) is 0 Å². The first-order chi connectivity index (χ1) is 7.99. The first kappa shape index (κ1) is 11.7. The van der Waals surface area contributed by atoms with E-state index in [1.807, 2.05) is 20.9 Å². The molecular weight excluding hydrogens is 242 g/mol. The number of hydrogen-bond donors (Lipinski definition) is 1. The van der Waals surface area contributed by atoms with Gasteiger partial charge in [-0.3, -0.25) is 4.68 Å². The van der Waals surface area contributed by atoms with Crippen LogP contribution in [0.4, 0.5) is 5.69 Å². The van der Waals surface area contributed by atoms with E-state index in [-0.39, 0.29) is 11.2 Å². The van der Waals surface area contributed by atoms with Crippen LogP contribution >= 0.6 is 11.6 Å². The molecule has 0 aromatic carbocycles. The quantitative estimate of drug-likeness (QED) is 0.827. The van der Waals surface area contributed by atoms with Crippen molar-refractivity contribution in [3.63, 3.8) is 0 Å². The molecule has 0 saturated heterocycles. The zero-order chi connectivity index (χ0) is 12.6. The molecule has 2 aromatic rings. The monoisotopic (exact) mass is 253 g/mol. The van der Waals surface area contributed by atoms with Crippen LogP contribution in [0.5, 0.6) is 11.6 Å². The van der Waals surface area contributed by atoms with Crippen LogP contribution in [0.15, 0.2) is 6.20 Å². The first-order valence-electron chi connectivity index (χ1n) is 4.95. The summed E-state index contributed by atoms with van der Waals surface area (Å²) in [6, 6.07) is 0. The molecule has 2 N–H and O–H groups in total. The summed E-state index contributed by atoms with van der Waals surface area (Å²) in [4.78, 5) is 7.69. The van der Waals surface area contributed by atoms with Crippen molar-refractivity contribution in [1.82, 2.24) is 19.7 Å². The molecule has 0 fully saturated rings. The summed E-state index contributed by atoms with van der Waals surface area (Å²) in [6.45, 7) is 3.75. The molecule has 7 heteroatoms. The molecule has 0 spiro atoms. The lowest BCUT2D eigenvalue weighted by Gasteiger charge is -2.07. The van der Waals surface area contributed by atoms with Crippen LogP contribution < -0.4 is 10.5 Å². The zero-order valence-electron chi connectivity index (χ0n) is 9.73. The van der Waals surface area contributed by atoms with Gasteiger partial charge in [-0.05, 0) is 25.4 Å². The Labute approximate surface area is 103 Å². The smallest absolute Gasteiger partial charge is 0.247 e. The zero-order valence-corrected chi connectivity index (χ0v) is 10.5. The fraction of sp³-hybridized carbons (Fsp3) is 0.300. The number of aromatic nitrogens is 4. The average molecular weight is 254 g/mol. The van der Waals surface area contributed by atoms with Gasteiger partial charge in [-0.2, -0.15) is 10.1 Å². The Bertz CT molecular complexity index is 566. The lowest BCUT2D eigenvalue weighted by molar-refractivity contribution is 0.456. The fourth-order valence-corrected chi connectivity index (χ4v) is 1.56. The maximum atomic E-state index is 5.71. The van der Waals surface area contributed by atoms with Crippen molar-refractivity contribution >= 4 is 17.3 Å². The molecule has 6 nitrogen and oxygen atoms in total. The van der Waals surface area contributed by atoms with Crippen molar-refractivity contribution in [3.05, 3.63) is 22.9 Å². The van der Waals surface area contributed by atoms with Crippen LogP contribution in [-0.2, 0) is 7.05 Å². The predicted octanol–water partition coefficient (Wildman–Crippen LogP) is 1.85. The van der Waals surface area contributed by atoms with Gasteiger partial charge in [0.25, 0.3) is 0 Å². The van der Waals surface area contributed by atoms with E-state index in [1.165, 1.54) is 6.20 Å². The second kappa shape index (κ2) is 4.21. The van der Waals surface area contributed by atoms with Crippen LogP contribution in [0.1, 0.15) is 11.4 Å². The summed E-state index contributed by atoms with van der Waals surface area (Å²) in [5.74, 6) is 0.873. The van der Waals surface area contributed by atoms with Crippen molar-refractivity contribution in [3.8, 4) is 11.6 Å². The number of nitrogens with two attached hydrogens (primary N) is 1. The van der Waals surface area contributed by atoms with Crippen molar-refractivity contribution in [2.24, 2.45) is 7.05 Å². The van der Waals surface area contributed by atoms with Gasteiger partial charge in [0.2, 0.25) is 11.2 Å². The van der Waals surface area contributed by atoms with Gasteiger partial charge in [-0.25, -0.2) is 4.98 Å². The highest BCUT2D eigenvalue weighted by molar-refractivity contribution is 6.28. The summed E-state index contributed by atoms with van der Waals surface area (Å²) >= 11 is 5.69. The van der Waals surface area contributed by atoms with Gasteiger partial charge in [-0.15, -0.1) is 0 Å². The van der Waals surface area contributed by atoms with E-state index < -0.39 is 0 Å². The maximum absolute atomic E-state index is 5.71. The molecule has 0 bridgehead atoms. The predicted molar refractivity (Wildman–Crippen MR) is 64.2 cm³/mol. The van der Waals surface area contributed by atoms with E-state index in [2.05, 4.69) is 15.1 Å². The third kappa shape index (κ3) is 2.16. The van der Waals surface area contributed by atoms with Gasteiger partial charge >= 0.3 is 0 Å². The molecule has 0 atom stereocenters. The second-order valence-corrected chi connectivity index (χ2v) is 3.96. The number of aryl methyl sites for hydroxylation is 2. The van der Waals surface area contributed by atoms with Crippen molar-refractivity contribution in [2.45, 2.75) is 13.8 Å². The van der Waals surface area contributed by atoms with E-state index in [0.29, 0.717) is 11.4 Å². The van der Waals surface area contributed by atoms with Crippen LogP contribution in [0.3, 0.4) is 0 Å². The molecule has 0 unspecified atom stereocenters. The topological polar surface area (TPSA) is 78.8 Å². The Morgan fingerprint density at radius 2 is 2.12 bits per heavy atom. The standard InChI is InChI=1S/C10H12ClN5O/c1-5-8(6(2)16(3)15-5)17-9-7(12)4-13-10(11)14-9/h4H,12H2,1-3H3. The van der Waals surface area contributed by atoms with E-state index in [4.69, 9.17) is 22.1 Å². The minimum Gasteiger partial charge on any atom is -0.433 e. The molecule has 0 amide bonds. The highest BCUT2D eigenvalue weighted by atomic mass is 35.5. The fourth-order valence-electron chi connectivity index (χ4n) is 1.44. The molecule has 0 aliphatic heterocycles. The molecule has 2 rings (SSSR count). The van der Waals surface area contributed by atoms with Gasteiger partial charge in [0.1, 0.15) is 11.4 Å². The van der Waals surface area contributed by atoms with Crippen LogP contribution in [-0.4, -0.2) is 19.7 Å². The number of hydrogen-bond acceptors (Lipinski definition) is 5. The Kier molecular flexibility index (Phi) is 2.89. The summed E-state index contributed by atoms with van der Waals surface area (Å²) in [5, 5.41) is 4.32. The van der Waals surface area contributed by atoms with Crippen molar-refractivity contribution in [2.75, 3.05) is 5.73 Å². The number of anilines is 1. The van der Waals surface area contributed by atoms with Crippen LogP contribution in [0, 0.1) is 13.8 Å². The number of ether oxygens (including phenoxy) is 1. The number of nitrogens with zero attached hydrogens (tertiary/aromatic N) is 4. The summed E-state index contributed by atoms with van der Waals surface area (Å²) in [7, 11) is 1.84. The van der Waals surface area contributed by atoms with Crippen LogP contribution in [0.2, 0.25) is 5.28 Å². The molecular formula is C10H12ClN5O. The maximum Gasteiger partial charge on any atom is 0.247 e. The third-order valence-electron chi connectivity index (χ3n) is 2.39. The largest absolute Gasteiger partial charge is 0.433 e. The summed E-state index contributed by atoms with van der Waals surface area (Å²) in [5.41, 5.74) is 7.69. The number of rotatable bonds is 2. The number of halogens is 1. The highest BCUT2D eigenvalue weighted by Crippen LogP contribution is 2.30. The van der Waals surface area contributed by atoms with E-state index in [0.717, 1.165) is 11.4 Å². The minimum atomic E-state index is 0.0911. The van der Waals surface area contributed by atoms with Crippen molar-refractivity contribution in [1.29, 1.82) is 0 Å². The molecule has 0 radical (unpaired) electrons. The van der Waals surface area contributed by atoms with Gasteiger partial charge in [0.05, 0.1) is 11.9 Å². The van der Waals surface area contributed by atoms with E-state index >= 15 is 0 Å². The van der Waals surface area contributed by atoms with Gasteiger partial charge in [-0.1, -0.05) is 0 Å². The van der Waals surface area contributed by atoms with Gasteiger partial charge < -0.3 is 10.5 Å². The SMILES string of the molecule is Cc1nn(C)c(C)c1Oc1nc(Cl)ncc1N. The van der Waals surface area contributed by atoms with E-state index in [1.54, 1.807) is 4.68 Å². The molecule has 0 saturated carbocycles. The van der Waals surface area contributed by atoms with Crippen LogP contribution in [0.25, 0.3) is 0 Å². The Morgan fingerprint density at radius 1 is 1.41 bits per heavy atom. The Hall–Kier alpha value is -1.82.